The quantitative estimate of drug-likeness (QED) is 0.181. The van der Waals surface area contributed by atoms with Crippen LogP contribution in [-0.4, -0.2) is 40.1 Å². The molecule has 7 rings (SSSR count). The van der Waals surface area contributed by atoms with Gasteiger partial charge < -0.3 is 25.0 Å². The van der Waals surface area contributed by atoms with Crippen molar-refractivity contribution in [3.05, 3.63) is 89.5 Å². The normalized spacial score (nSPS) is 19.7. The molecule has 0 spiro atoms. The van der Waals surface area contributed by atoms with Crippen LogP contribution in [-0.2, 0) is 16.1 Å². The lowest BCUT2D eigenvalue weighted by atomic mass is 9.81. The van der Waals surface area contributed by atoms with E-state index in [1.807, 2.05) is 12.1 Å². The lowest BCUT2D eigenvalue weighted by Gasteiger charge is -2.28. The first-order valence-electron chi connectivity index (χ1n) is 17.0. The Bertz CT molecular complexity index is 1830. The molecule has 3 aromatic carbocycles. The van der Waals surface area contributed by atoms with Gasteiger partial charge in [0.25, 0.3) is 5.91 Å². The first-order chi connectivity index (χ1) is 22.9. The van der Waals surface area contributed by atoms with Crippen LogP contribution in [0.4, 0.5) is 5.69 Å². The first-order valence-corrected chi connectivity index (χ1v) is 17.0. The third-order valence-electron chi connectivity index (χ3n) is 10.1. The third kappa shape index (κ3) is 6.55. The van der Waals surface area contributed by atoms with E-state index < -0.39 is 5.97 Å². The minimum absolute atomic E-state index is 0.0186. The molecule has 2 aliphatic carbocycles. The number of aliphatic carboxylic acids is 1. The number of hydrogen-bond donors (Lipinski definition) is 3. The summed E-state index contributed by atoms with van der Waals surface area (Å²) in [6, 6.07) is 21.7. The zero-order valence-corrected chi connectivity index (χ0v) is 26.5. The summed E-state index contributed by atoms with van der Waals surface area (Å²) in [5, 5.41) is 16.3. The number of aromatic nitrogens is 1. The van der Waals surface area contributed by atoms with E-state index in [0.717, 1.165) is 47.9 Å². The van der Waals surface area contributed by atoms with Crippen LogP contribution < -0.4 is 15.4 Å². The number of benzene rings is 3. The van der Waals surface area contributed by atoms with Crippen LogP contribution in [0, 0.1) is 5.92 Å². The molecule has 2 amide bonds. The minimum atomic E-state index is -1.00. The largest absolute Gasteiger partial charge is 0.491 e. The molecule has 242 valence electrons. The summed E-state index contributed by atoms with van der Waals surface area (Å²) in [5.74, 6) is 0.207. The maximum Gasteiger partial charge on any atom is 0.328 e. The van der Waals surface area contributed by atoms with Gasteiger partial charge in [0.1, 0.15) is 12.4 Å². The summed E-state index contributed by atoms with van der Waals surface area (Å²) >= 11 is 0. The number of fused-ring (bicyclic) bond motifs is 5. The third-order valence-corrected chi connectivity index (χ3v) is 10.1. The Morgan fingerprint density at radius 2 is 1.64 bits per heavy atom. The van der Waals surface area contributed by atoms with E-state index in [1.54, 1.807) is 24.3 Å². The highest BCUT2D eigenvalue weighted by atomic mass is 16.5. The Balaban J connectivity index is 1.04. The average molecular weight is 632 g/mol. The maximum absolute atomic E-state index is 13.6. The summed E-state index contributed by atoms with van der Waals surface area (Å²) in [6.07, 6.45) is 11.7. The van der Waals surface area contributed by atoms with Crippen molar-refractivity contribution in [1.82, 2.24) is 9.88 Å². The maximum atomic E-state index is 13.6. The van der Waals surface area contributed by atoms with E-state index in [0.29, 0.717) is 36.6 Å². The fourth-order valence-corrected chi connectivity index (χ4v) is 7.74. The monoisotopic (exact) mass is 631 g/mol. The van der Waals surface area contributed by atoms with Crippen molar-refractivity contribution in [2.24, 2.45) is 5.92 Å². The number of carboxylic acid groups (broad SMARTS) is 1. The molecular weight excluding hydrogens is 590 g/mol. The molecule has 8 heteroatoms. The van der Waals surface area contributed by atoms with Gasteiger partial charge in [0.2, 0.25) is 5.91 Å². The molecule has 4 aromatic rings. The number of carboxylic acids is 1. The van der Waals surface area contributed by atoms with Crippen molar-refractivity contribution in [3.8, 4) is 17.0 Å². The highest BCUT2D eigenvalue weighted by molar-refractivity contribution is 6.01. The van der Waals surface area contributed by atoms with Crippen LogP contribution >= 0.6 is 0 Å². The number of carbonyl (C=O) groups excluding carboxylic acids is 2. The molecule has 0 radical (unpaired) electrons. The van der Waals surface area contributed by atoms with Crippen LogP contribution in [0.1, 0.15) is 85.2 Å². The summed E-state index contributed by atoms with van der Waals surface area (Å²) in [6.45, 7) is 1.32. The average Bonchev–Trinajstić information content (AvgIpc) is 3.29. The van der Waals surface area contributed by atoms with E-state index in [9.17, 15) is 14.4 Å². The second-order valence-corrected chi connectivity index (χ2v) is 13.1. The van der Waals surface area contributed by atoms with Gasteiger partial charge in [-0.1, -0.05) is 49.6 Å². The van der Waals surface area contributed by atoms with Crippen molar-refractivity contribution >= 4 is 40.4 Å². The van der Waals surface area contributed by atoms with Gasteiger partial charge in [-0.05, 0) is 98.0 Å². The number of hydrogen-bond acceptors (Lipinski definition) is 4. The standard InChI is InChI=1S/C39H41N3O5/c43-35(44)21-12-25-10-16-29(17-11-25)40-38(45)27-13-18-30(19-14-27)41-39(46)28-15-20-31-33(24-28)42-22-23-47-34-9-5-4-8-32(34)37(42)36(31)26-6-2-1-3-7-26/h4-5,8-12,15-17,20-21,24,26-27,30H,1-3,6-7,13-14,18-19,22-23H2,(H,40,45)(H,41,46)(H,43,44)/b21-12+/t27-,30+. The Labute approximate surface area is 274 Å². The van der Waals surface area contributed by atoms with Crippen LogP contribution in [0.5, 0.6) is 5.75 Å². The number of amides is 2. The Kier molecular flexibility index (Phi) is 8.83. The lowest BCUT2D eigenvalue weighted by molar-refractivity contribution is -0.131. The molecule has 2 heterocycles. The summed E-state index contributed by atoms with van der Waals surface area (Å²) < 4.78 is 8.57. The van der Waals surface area contributed by atoms with Crippen LogP contribution in [0.25, 0.3) is 28.2 Å². The molecule has 47 heavy (non-hydrogen) atoms. The number of ether oxygens (including phenoxy) is 1. The highest BCUT2D eigenvalue weighted by Crippen LogP contribution is 2.47. The molecule has 3 N–H and O–H groups in total. The number of para-hydroxylation sites is 1. The predicted octanol–water partition coefficient (Wildman–Crippen LogP) is 7.77. The van der Waals surface area contributed by atoms with E-state index in [1.165, 1.54) is 54.8 Å². The van der Waals surface area contributed by atoms with Gasteiger partial charge in [0.15, 0.2) is 0 Å². The van der Waals surface area contributed by atoms with Crippen molar-refractivity contribution in [2.75, 3.05) is 11.9 Å². The van der Waals surface area contributed by atoms with Gasteiger partial charge in [-0.15, -0.1) is 0 Å². The molecule has 2 saturated carbocycles. The summed E-state index contributed by atoms with van der Waals surface area (Å²) in [4.78, 5) is 37.3. The van der Waals surface area contributed by atoms with E-state index in [2.05, 4.69) is 45.5 Å². The Hall–Kier alpha value is -4.85. The van der Waals surface area contributed by atoms with Gasteiger partial charge in [-0.3, -0.25) is 9.59 Å². The molecular formula is C39H41N3O5. The SMILES string of the molecule is O=C(O)/C=C/c1ccc(NC(=O)[C@H]2CC[C@@H](NC(=O)c3ccc4c(C5CCCCC5)c5n(c4c3)CCOc3ccccc3-5)CC2)cc1. The van der Waals surface area contributed by atoms with Gasteiger partial charge >= 0.3 is 5.97 Å². The fraction of sp³-hybridized carbons (Fsp3) is 0.359. The van der Waals surface area contributed by atoms with Crippen molar-refractivity contribution < 1.29 is 24.2 Å². The molecule has 1 aromatic heterocycles. The van der Waals surface area contributed by atoms with Crippen molar-refractivity contribution in [3.63, 3.8) is 0 Å². The molecule has 0 bridgehead atoms. The summed E-state index contributed by atoms with van der Waals surface area (Å²) in [7, 11) is 0. The van der Waals surface area contributed by atoms with Crippen LogP contribution in [0.2, 0.25) is 0 Å². The van der Waals surface area contributed by atoms with E-state index in [4.69, 9.17) is 9.84 Å². The van der Waals surface area contributed by atoms with Gasteiger partial charge in [-0.2, -0.15) is 0 Å². The lowest BCUT2D eigenvalue weighted by Crippen LogP contribution is -2.39. The fourth-order valence-electron chi connectivity index (χ4n) is 7.74. The molecule has 2 fully saturated rings. The topological polar surface area (TPSA) is 110 Å². The van der Waals surface area contributed by atoms with Gasteiger partial charge in [0, 0.05) is 45.8 Å². The second kappa shape index (κ2) is 13.5. The molecule has 0 saturated heterocycles. The van der Waals surface area contributed by atoms with Crippen molar-refractivity contribution in [2.45, 2.75) is 76.3 Å². The number of nitrogens with zero attached hydrogens (tertiary/aromatic N) is 1. The smallest absolute Gasteiger partial charge is 0.328 e. The molecule has 3 aliphatic rings. The Morgan fingerprint density at radius 3 is 2.40 bits per heavy atom. The molecule has 0 unspecified atom stereocenters. The first kappa shape index (κ1) is 30.8. The van der Waals surface area contributed by atoms with Crippen molar-refractivity contribution in [1.29, 1.82) is 0 Å². The van der Waals surface area contributed by atoms with E-state index >= 15 is 0 Å². The second-order valence-electron chi connectivity index (χ2n) is 13.1. The zero-order valence-electron chi connectivity index (χ0n) is 26.5. The zero-order chi connectivity index (χ0) is 32.3. The van der Waals surface area contributed by atoms with Gasteiger partial charge in [0.05, 0.1) is 12.2 Å². The number of anilines is 1. The minimum Gasteiger partial charge on any atom is -0.491 e. The molecule has 1 aliphatic heterocycles. The van der Waals surface area contributed by atoms with Crippen LogP contribution in [0.15, 0.2) is 72.8 Å². The van der Waals surface area contributed by atoms with Crippen LogP contribution in [0.3, 0.4) is 0 Å². The highest BCUT2D eigenvalue weighted by Gasteiger charge is 2.31. The number of rotatable bonds is 7. The number of carbonyl (C=O) groups is 3. The molecule has 0 atom stereocenters. The number of nitrogens with one attached hydrogen (secondary N) is 2. The van der Waals surface area contributed by atoms with E-state index in [-0.39, 0.29) is 23.8 Å². The summed E-state index contributed by atoms with van der Waals surface area (Å²) in [5.41, 5.74) is 6.98. The molecule has 8 nitrogen and oxygen atoms in total. The predicted molar refractivity (Wildman–Crippen MR) is 184 cm³/mol. The van der Waals surface area contributed by atoms with Gasteiger partial charge in [-0.25, -0.2) is 4.79 Å². The Morgan fingerprint density at radius 1 is 0.872 bits per heavy atom.